The molecule has 4 aromatic rings. The van der Waals surface area contributed by atoms with Gasteiger partial charge < -0.3 is 14.6 Å². The van der Waals surface area contributed by atoms with Gasteiger partial charge in [-0.1, -0.05) is 60.2 Å². The van der Waals surface area contributed by atoms with Crippen molar-refractivity contribution in [3.05, 3.63) is 82.5 Å². The fraction of sp³-hybridized carbons (Fsp3) is 0.0455. The topological polar surface area (TPSA) is 70.7 Å². The Labute approximate surface area is 149 Å². The van der Waals surface area contributed by atoms with Crippen molar-refractivity contribution in [3.8, 4) is 33.9 Å². The van der Waals surface area contributed by atoms with Crippen LogP contribution in [0.25, 0.3) is 33.4 Å². The zero-order chi connectivity index (χ0) is 18.3. The van der Waals surface area contributed by atoms with Crippen LogP contribution in [0.15, 0.2) is 75.9 Å². The normalized spacial score (nSPS) is 11.0. The second kappa shape index (κ2) is 6.08. The minimum atomic E-state index is -0.365. The maximum atomic E-state index is 12.6. The van der Waals surface area contributed by atoms with Gasteiger partial charge in [0.05, 0.1) is 5.56 Å². The number of hydrogen-bond acceptors (Lipinski definition) is 4. The molecule has 0 fully saturated rings. The van der Waals surface area contributed by atoms with Crippen LogP contribution in [0.4, 0.5) is 0 Å². The van der Waals surface area contributed by atoms with Crippen LogP contribution in [-0.2, 0) is 0 Å². The highest BCUT2D eigenvalue weighted by atomic mass is 16.3. The molecule has 1 heterocycles. The van der Waals surface area contributed by atoms with Crippen LogP contribution in [0, 0.1) is 6.92 Å². The van der Waals surface area contributed by atoms with Gasteiger partial charge >= 0.3 is 0 Å². The summed E-state index contributed by atoms with van der Waals surface area (Å²) in [6, 6.07) is 19.3. The van der Waals surface area contributed by atoms with Gasteiger partial charge in [0.15, 0.2) is 11.0 Å². The summed E-state index contributed by atoms with van der Waals surface area (Å²) in [5.41, 5.74) is 2.69. The maximum absolute atomic E-state index is 12.6. The van der Waals surface area contributed by atoms with Gasteiger partial charge in [-0.15, -0.1) is 0 Å². The highest BCUT2D eigenvalue weighted by Gasteiger charge is 2.19. The van der Waals surface area contributed by atoms with Crippen molar-refractivity contribution in [3.63, 3.8) is 0 Å². The zero-order valence-corrected chi connectivity index (χ0v) is 14.1. The van der Waals surface area contributed by atoms with Gasteiger partial charge in [-0.2, -0.15) is 0 Å². The first-order chi connectivity index (χ1) is 12.5. The molecule has 128 valence electrons. The molecule has 0 saturated heterocycles. The number of aryl methyl sites for hydroxylation is 1. The fourth-order valence-electron chi connectivity index (χ4n) is 3.05. The molecule has 0 spiro atoms. The number of benzene rings is 3. The van der Waals surface area contributed by atoms with E-state index in [9.17, 15) is 15.0 Å². The van der Waals surface area contributed by atoms with Crippen LogP contribution >= 0.6 is 0 Å². The van der Waals surface area contributed by atoms with Gasteiger partial charge in [0.2, 0.25) is 0 Å². The van der Waals surface area contributed by atoms with Crippen LogP contribution in [0.3, 0.4) is 0 Å². The van der Waals surface area contributed by atoms with Crippen molar-refractivity contribution < 1.29 is 14.6 Å². The Balaban J connectivity index is 2.09. The molecule has 0 bridgehead atoms. The average molecular weight is 344 g/mol. The summed E-state index contributed by atoms with van der Waals surface area (Å²) in [6.07, 6.45) is 0. The van der Waals surface area contributed by atoms with E-state index in [-0.39, 0.29) is 27.9 Å². The minimum absolute atomic E-state index is 0.0538. The molecule has 0 amide bonds. The summed E-state index contributed by atoms with van der Waals surface area (Å²) in [7, 11) is 0. The highest BCUT2D eigenvalue weighted by molar-refractivity contribution is 5.99. The van der Waals surface area contributed by atoms with E-state index in [2.05, 4.69) is 0 Å². The smallest absolute Gasteiger partial charge is 0.197 e. The van der Waals surface area contributed by atoms with Crippen molar-refractivity contribution in [2.45, 2.75) is 6.92 Å². The average Bonchev–Trinajstić information content (AvgIpc) is 2.63. The van der Waals surface area contributed by atoms with Crippen LogP contribution in [-0.4, -0.2) is 10.2 Å². The summed E-state index contributed by atoms with van der Waals surface area (Å²) in [5.74, 6) is -0.0737. The van der Waals surface area contributed by atoms with E-state index in [4.69, 9.17) is 4.42 Å². The van der Waals surface area contributed by atoms with E-state index in [1.807, 2.05) is 61.5 Å². The van der Waals surface area contributed by atoms with Gasteiger partial charge in [-0.05, 0) is 12.5 Å². The van der Waals surface area contributed by atoms with Crippen LogP contribution in [0.2, 0.25) is 0 Å². The molecule has 3 aromatic carbocycles. The molecule has 0 aliphatic rings. The Kier molecular flexibility index (Phi) is 3.73. The lowest BCUT2D eigenvalue weighted by Crippen LogP contribution is -2.02. The second-order valence-electron chi connectivity index (χ2n) is 6.20. The van der Waals surface area contributed by atoms with Crippen molar-refractivity contribution in [1.29, 1.82) is 0 Å². The predicted molar refractivity (Wildman–Crippen MR) is 101 cm³/mol. The number of fused-ring (bicyclic) bond motifs is 1. The molecule has 0 radical (unpaired) electrons. The van der Waals surface area contributed by atoms with E-state index in [0.29, 0.717) is 16.9 Å². The summed E-state index contributed by atoms with van der Waals surface area (Å²) in [6.45, 7) is 1.96. The Morgan fingerprint density at radius 3 is 2.19 bits per heavy atom. The number of hydrogen-bond donors (Lipinski definition) is 2. The molecule has 0 unspecified atom stereocenters. The molecule has 0 aliphatic heterocycles. The zero-order valence-electron chi connectivity index (χ0n) is 14.1. The standard InChI is InChI=1S/C22H16O4/c1-13-7-9-15(10-8-13)20-16(23)11-17(24)21-18(25)12-19(26-22(20)21)14-5-3-2-4-6-14/h2-12,23-24H,1H3. The minimum Gasteiger partial charge on any atom is -0.507 e. The van der Waals surface area contributed by atoms with Crippen molar-refractivity contribution >= 4 is 11.0 Å². The van der Waals surface area contributed by atoms with Crippen molar-refractivity contribution in [1.82, 2.24) is 0 Å². The number of aromatic hydroxyl groups is 2. The van der Waals surface area contributed by atoms with Crippen molar-refractivity contribution in [2.75, 3.05) is 0 Å². The van der Waals surface area contributed by atoms with Crippen LogP contribution in [0.5, 0.6) is 11.5 Å². The fourth-order valence-corrected chi connectivity index (χ4v) is 3.05. The third-order valence-electron chi connectivity index (χ3n) is 4.36. The van der Waals surface area contributed by atoms with Crippen LogP contribution in [0.1, 0.15) is 5.56 Å². The lowest BCUT2D eigenvalue weighted by molar-refractivity contribution is 0.454. The molecular formula is C22H16O4. The number of phenols is 2. The molecule has 1 aromatic heterocycles. The first kappa shape index (κ1) is 16.0. The Bertz CT molecular complexity index is 1160. The van der Waals surface area contributed by atoms with E-state index < -0.39 is 0 Å². The number of phenolic OH excluding ortho intramolecular Hbond substituents is 2. The summed E-state index contributed by atoms with van der Waals surface area (Å²) < 4.78 is 5.99. The summed E-state index contributed by atoms with van der Waals surface area (Å²) in [4.78, 5) is 12.6. The third-order valence-corrected chi connectivity index (χ3v) is 4.36. The Morgan fingerprint density at radius 1 is 0.808 bits per heavy atom. The molecule has 4 nitrogen and oxygen atoms in total. The first-order valence-corrected chi connectivity index (χ1v) is 8.20. The van der Waals surface area contributed by atoms with Crippen LogP contribution < -0.4 is 5.43 Å². The SMILES string of the molecule is Cc1ccc(-c2c(O)cc(O)c3c(=O)cc(-c4ccccc4)oc23)cc1. The van der Waals surface area contributed by atoms with E-state index in [1.165, 1.54) is 12.1 Å². The Hall–Kier alpha value is -3.53. The van der Waals surface area contributed by atoms with Crippen molar-refractivity contribution in [2.24, 2.45) is 0 Å². The van der Waals surface area contributed by atoms with E-state index in [1.54, 1.807) is 0 Å². The van der Waals surface area contributed by atoms with E-state index in [0.717, 1.165) is 11.1 Å². The van der Waals surface area contributed by atoms with Gasteiger partial charge in [0.1, 0.15) is 22.6 Å². The molecule has 2 N–H and O–H groups in total. The van der Waals surface area contributed by atoms with E-state index >= 15 is 0 Å². The monoisotopic (exact) mass is 344 g/mol. The van der Waals surface area contributed by atoms with Gasteiger partial charge in [0.25, 0.3) is 0 Å². The molecule has 4 heteroatoms. The van der Waals surface area contributed by atoms with Gasteiger partial charge in [-0.25, -0.2) is 0 Å². The Morgan fingerprint density at radius 2 is 1.50 bits per heavy atom. The molecule has 0 atom stereocenters. The second-order valence-corrected chi connectivity index (χ2v) is 6.20. The number of rotatable bonds is 2. The predicted octanol–water partition coefficient (Wildman–Crippen LogP) is 4.85. The molecule has 4 rings (SSSR count). The maximum Gasteiger partial charge on any atom is 0.197 e. The quantitative estimate of drug-likeness (QED) is 0.545. The molecule has 26 heavy (non-hydrogen) atoms. The summed E-state index contributed by atoms with van der Waals surface area (Å²) >= 11 is 0. The molecule has 0 saturated carbocycles. The van der Waals surface area contributed by atoms with Gasteiger partial charge in [0, 0.05) is 17.7 Å². The molecule has 0 aliphatic carbocycles. The largest absolute Gasteiger partial charge is 0.507 e. The lowest BCUT2D eigenvalue weighted by Gasteiger charge is -2.11. The third kappa shape index (κ3) is 2.62. The first-order valence-electron chi connectivity index (χ1n) is 8.20. The summed E-state index contributed by atoms with van der Waals surface area (Å²) in [5, 5.41) is 20.7. The highest BCUT2D eigenvalue weighted by Crippen LogP contribution is 2.41. The van der Waals surface area contributed by atoms with Gasteiger partial charge in [-0.3, -0.25) is 4.79 Å². The molecular weight excluding hydrogens is 328 g/mol. The lowest BCUT2D eigenvalue weighted by atomic mass is 9.99.